The number of hydrogen-bond donors (Lipinski definition) is 1. The van der Waals surface area contributed by atoms with Crippen LogP contribution in [0.25, 0.3) is 0 Å². The Morgan fingerprint density at radius 1 is 1.29 bits per heavy atom. The van der Waals surface area contributed by atoms with E-state index in [0.717, 1.165) is 11.3 Å². The van der Waals surface area contributed by atoms with Crippen LogP contribution in [0.5, 0.6) is 0 Å². The third-order valence-electron chi connectivity index (χ3n) is 2.81. The summed E-state index contributed by atoms with van der Waals surface area (Å²) in [5, 5.41) is 12.5. The van der Waals surface area contributed by atoms with E-state index in [1.54, 1.807) is 25.3 Å². The zero-order chi connectivity index (χ0) is 15.8. The van der Waals surface area contributed by atoms with Gasteiger partial charge in [-0.1, -0.05) is 0 Å². The molecular formula is C12H11BrN2O4S2. The van der Waals surface area contributed by atoms with Crippen molar-refractivity contribution in [2.45, 2.75) is 18.1 Å². The molecule has 1 heterocycles. The van der Waals surface area contributed by atoms with Gasteiger partial charge in [-0.25, -0.2) is 8.42 Å². The quantitative estimate of drug-likeness (QED) is 0.634. The first kappa shape index (κ1) is 15.9. The van der Waals surface area contributed by atoms with Crippen LogP contribution in [0.3, 0.4) is 0 Å². The zero-order valence-corrected chi connectivity index (χ0v) is 14.3. The van der Waals surface area contributed by atoms with E-state index in [1.165, 1.54) is 12.1 Å². The lowest BCUT2D eigenvalue weighted by Gasteiger charge is -2.11. The minimum Gasteiger partial charge on any atom is -0.279 e. The predicted octanol–water partition coefficient (Wildman–Crippen LogP) is 3.84. The van der Waals surface area contributed by atoms with E-state index in [9.17, 15) is 18.5 Å². The highest BCUT2D eigenvalue weighted by Gasteiger charge is 2.21. The van der Waals surface area contributed by atoms with E-state index in [1.807, 2.05) is 0 Å². The largest absolute Gasteiger partial charge is 0.279 e. The van der Waals surface area contributed by atoms with Crippen molar-refractivity contribution in [3.8, 4) is 0 Å². The molecule has 2 rings (SSSR count). The molecule has 0 unspecified atom stereocenters. The second-order valence-electron chi connectivity index (χ2n) is 4.37. The van der Waals surface area contributed by atoms with Crippen LogP contribution in [-0.2, 0) is 10.0 Å². The molecule has 1 aromatic carbocycles. The molecule has 0 saturated carbocycles. The summed E-state index contributed by atoms with van der Waals surface area (Å²) in [7, 11) is -3.72. The second-order valence-corrected chi connectivity index (χ2v) is 8.02. The molecule has 0 saturated heterocycles. The molecule has 6 nitrogen and oxygen atoms in total. The average molecular weight is 391 g/mol. The minimum atomic E-state index is -3.72. The van der Waals surface area contributed by atoms with Gasteiger partial charge in [0.2, 0.25) is 0 Å². The number of benzene rings is 1. The Bertz CT molecular complexity index is 815. The number of rotatable bonds is 4. The number of anilines is 1. The van der Waals surface area contributed by atoms with Gasteiger partial charge in [-0.05, 0) is 52.9 Å². The van der Waals surface area contributed by atoms with Crippen LogP contribution >= 0.6 is 27.3 Å². The Balaban J connectivity index is 2.43. The number of aryl methyl sites for hydroxylation is 2. The van der Waals surface area contributed by atoms with Crippen LogP contribution in [0.15, 0.2) is 32.3 Å². The first-order chi connectivity index (χ1) is 9.72. The van der Waals surface area contributed by atoms with Crippen molar-refractivity contribution in [1.82, 2.24) is 0 Å². The number of halogens is 1. The lowest BCUT2D eigenvalue weighted by atomic mass is 10.1. The lowest BCUT2D eigenvalue weighted by Crippen LogP contribution is -2.13. The number of nitrogens with one attached hydrogen (secondary N) is 1. The van der Waals surface area contributed by atoms with Gasteiger partial charge in [-0.2, -0.15) is 0 Å². The van der Waals surface area contributed by atoms with E-state index < -0.39 is 14.9 Å². The maximum absolute atomic E-state index is 12.3. The number of nitro groups is 1. The van der Waals surface area contributed by atoms with Gasteiger partial charge < -0.3 is 0 Å². The first-order valence-electron chi connectivity index (χ1n) is 5.74. The first-order valence-corrected chi connectivity index (χ1v) is 8.89. The zero-order valence-electron chi connectivity index (χ0n) is 11.1. The molecule has 0 aliphatic carbocycles. The molecule has 0 atom stereocenters. The molecule has 0 fully saturated rings. The van der Waals surface area contributed by atoms with E-state index in [4.69, 9.17) is 0 Å². The molecule has 0 aliphatic heterocycles. The van der Waals surface area contributed by atoms with E-state index in [-0.39, 0.29) is 9.90 Å². The van der Waals surface area contributed by atoms with Crippen molar-refractivity contribution < 1.29 is 13.3 Å². The smallest absolute Gasteiger partial charge is 0.272 e. The Labute approximate surface area is 134 Å². The van der Waals surface area contributed by atoms with E-state index >= 15 is 0 Å². The average Bonchev–Trinajstić information content (AvgIpc) is 2.80. The molecule has 21 heavy (non-hydrogen) atoms. The molecule has 112 valence electrons. The molecular weight excluding hydrogens is 380 g/mol. The summed E-state index contributed by atoms with van der Waals surface area (Å²) >= 11 is 4.27. The molecule has 1 aromatic heterocycles. The number of hydrogen-bond acceptors (Lipinski definition) is 5. The highest BCUT2D eigenvalue weighted by atomic mass is 79.9. The fourth-order valence-electron chi connectivity index (χ4n) is 1.77. The van der Waals surface area contributed by atoms with Crippen molar-refractivity contribution in [1.29, 1.82) is 0 Å². The van der Waals surface area contributed by atoms with Crippen molar-refractivity contribution >= 4 is 48.7 Å². The number of sulfonamides is 1. The standard InChI is InChI=1S/C12H11BrN2O4S2/c1-7-6-11(15(16)17)8(2)5-10(7)14-21(18,19)12-9(13)3-4-20-12/h3-6,14H,1-2H3. The summed E-state index contributed by atoms with van der Waals surface area (Å²) in [6, 6.07) is 4.47. The highest BCUT2D eigenvalue weighted by Crippen LogP contribution is 2.32. The van der Waals surface area contributed by atoms with Crippen LogP contribution in [0.4, 0.5) is 11.4 Å². The Morgan fingerprint density at radius 3 is 2.48 bits per heavy atom. The molecule has 9 heteroatoms. The number of thiophene rings is 1. The predicted molar refractivity (Wildman–Crippen MR) is 85.4 cm³/mol. The van der Waals surface area contributed by atoms with E-state index in [2.05, 4.69) is 20.7 Å². The van der Waals surface area contributed by atoms with Crippen LogP contribution in [0.2, 0.25) is 0 Å². The maximum Gasteiger partial charge on any atom is 0.272 e. The van der Waals surface area contributed by atoms with E-state index in [0.29, 0.717) is 21.3 Å². The highest BCUT2D eigenvalue weighted by molar-refractivity contribution is 9.10. The van der Waals surface area contributed by atoms with Crippen LogP contribution in [0.1, 0.15) is 11.1 Å². The van der Waals surface area contributed by atoms with Crippen LogP contribution in [0, 0.1) is 24.0 Å². The van der Waals surface area contributed by atoms with Crippen LogP contribution < -0.4 is 4.72 Å². The Morgan fingerprint density at radius 2 is 1.95 bits per heavy atom. The van der Waals surface area contributed by atoms with Gasteiger partial charge in [0.15, 0.2) is 4.21 Å². The molecule has 0 aliphatic rings. The topological polar surface area (TPSA) is 89.3 Å². The van der Waals surface area contributed by atoms with Gasteiger partial charge in [0, 0.05) is 16.1 Å². The Hall–Kier alpha value is -1.45. The number of nitrogens with zero attached hydrogens (tertiary/aromatic N) is 1. The van der Waals surface area contributed by atoms with Gasteiger partial charge >= 0.3 is 0 Å². The fraction of sp³-hybridized carbons (Fsp3) is 0.167. The van der Waals surface area contributed by atoms with Gasteiger partial charge in [0.1, 0.15) is 0 Å². The summed E-state index contributed by atoms with van der Waals surface area (Å²) < 4.78 is 27.7. The third-order valence-corrected chi connectivity index (χ3v) is 6.85. The monoisotopic (exact) mass is 390 g/mol. The van der Waals surface area contributed by atoms with Crippen molar-refractivity contribution in [2.75, 3.05) is 4.72 Å². The minimum absolute atomic E-state index is 0.0345. The summed E-state index contributed by atoms with van der Waals surface area (Å²) in [6.45, 7) is 3.18. The van der Waals surface area contributed by atoms with Crippen molar-refractivity contribution in [2.24, 2.45) is 0 Å². The molecule has 1 N–H and O–H groups in total. The van der Waals surface area contributed by atoms with Gasteiger partial charge in [-0.15, -0.1) is 11.3 Å². The SMILES string of the molecule is Cc1cc([N+](=O)[O-])c(C)cc1NS(=O)(=O)c1sccc1Br. The van der Waals surface area contributed by atoms with Crippen LogP contribution in [-0.4, -0.2) is 13.3 Å². The molecule has 0 amide bonds. The molecule has 0 radical (unpaired) electrons. The van der Waals surface area contributed by atoms with Gasteiger partial charge in [0.05, 0.1) is 10.6 Å². The van der Waals surface area contributed by atoms with Gasteiger partial charge in [-0.3, -0.25) is 14.8 Å². The summed E-state index contributed by atoms with van der Waals surface area (Å²) in [4.78, 5) is 10.4. The van der Waals surface area contributed by atoms with Gasteiger partial charge in [0.25, 0.3) is 15.7 Å². The third kappa shape index (κ3) is 3.25. The Kier molecular flexibility index (Phi) is 4.35. The fourth-order valence-corrected chi connectivity index (χ4v) is 5.23. The lowest BCUT2D eigenvalue weighted by molar-refractivity contribution is -0.385. The summed E-state index contributed by atoms with van der Waals surface area (Å²) in [6.07, 6.45) is 0. The van der Waals surface area contributed by atoms with Crippen molar-refractivity contribution in [3.63, 3.8) is 0 Å². The maximum atomic E-state index is 12.3. The molecule has 0 bridgehead atoms. The summed E-state index contributed by atoms with van der Waals surface area (Å²) in [5.41, 5.74) is 1.18. The molecule has 0 spiro atoms. The number of nitro benzene ring substituents is 1. The van der Waals surface area contributed by atoms with Crippen molar-refractivity contribution in [3.05, 3.63) is 49.3 Å². The molecule has 2 aromatic rings. The second kappa shape index (κ2) is 5.74. The summed E-state index contributed by atoms with van der Waals surface area (Å²) in [5.74, 6) is 0. The normalized spacial score (nSPS) is 11.4.